The molecule has 4 nitrogen and oxygen atoms in total. The van der Waals surface area contributed by atoms with Gasteiger partial charge in [-0.2, -0.15) is 0 Å². The van der Waals surface area contributed by atoms with Crippen LogP contribution in [0, 0.1) is 0 Å². The van der Waals surface area contributed by atoms with Crippen LogP contribution >= 0.6 is 0 Å². The first-order valence-corrected chi connectivity index (χ1v) is 7.75. The Bertz CT molecular complexity index is 635. The number of carbonyl (C=O) groups is 1. The highest BCUT2D eigenvalue weighted by atomic mass is 16.5. The van der Waals surface area contributed by atoms with Crippen LogP contribution in [0.2, 0.25) is 0 Å². The number of ether oxygens (including phenoxy) is 2. The van der Waals surface area contributed by atoms with Gasteiger partial charge in [0.25, 0.3) is 5.91 Å². The molecule has 1 N–H and O–H groups in total. The lowest BCUT2D eigenvalue weighted by Gasteiger charge is -2.10. The van der Waals surface area contributed by atoms with Gasteiger partial charge in [0.05, 0.1) is 13.7 Å². The Balaban J connectivity index is 1.77. The molecule has 2 rings (SSSR count). The van der Waals surface area contributed by atoms with Gasteiger partial charge in [-0.05, 0) is 41.8 Å². The van der Waals surface area contributed by atoms with E-state index in [4.69, 9.17) is 9.47 Å². The van der Waals surface area contributed by atoms with E-state index in [9.17, 15) is 4.79 Å². The zero-order valence-corrected chi connectivity index (χ0v) is 13.8. The number of carbonyl (C=O) groups excluding carboxylic acids is 1. The van der Waals surface area contributed by atoms with Crippen LogP contribution in [0.25, 0.3) is 0 Å². The maximum Gasteiger partial charge on any atom is 0.251 e. The molecule has 0 saturated heterocycles. The van der Waals surface area contributed by atoms with Crippen LogP contribution in [0.3, 0.4) is 0 Å². The third-order valence-corrected chi connectivity index (χ3v) is 3.54. The lowest BCUT2D eigenvalue weighted by atomic mass is 10.0. The second kappa shape index (κ2) is 8.22. The first-order valence-electron chi connectivity index (χ1n) is 7.75. The van der Waals surface area contributed by atoms with Crippen LogP contribution in [0.5, 0.6) is 11.5 Å². The monoisotopic (exact) mass is 313 g/mol. The number of benzene rings is 2. The number of hydrogen-bond donors (Lipinski definition) is 1. The van der Waals surface area contributed by atoms with Crippen molar-refractivity contribution in [1.82, 2.24) is 5.32 Å². The molecule has 0 aliphatic heterocycles. The molecule has 2 aromatic rings. The average molecular weight is 313 g/mol. The predicted molar refractivity (Wildman–Crippen MR) is 91.4 cm³/mol. The summed E-state index contributed by atoms with van der Waals surface area (Å²) in [4.78, 5) is 12.0. The van der Waals surface area contributed by atoms with Crippen molar-refractivity contribution in [3.63, 3.8) is 0 Å². The number of rotatable bonds is 7. The van der Waals surface area contributed by atoms with Crippen LogP contribution in [-0.4, -0.2) is 26.2 Å². The summed E-state index contributed by atoms with van der Waals surface area (Å²) in [5, 5.41) is 2.83. The van der Waals surface area contributed by atoms with E-state index < -0.39 is 0 Å². The van der Waals surface area contributed by atoms with Crippen LogP contribution < -0.4 is 14.8 Å². The van der Waals surface area contributed by atoms with Crippen molar-refractivity contribution < 1.29 is 14.3 Å². The quantitative estimate of drug-likeness (QED) is 0.794. The molecular weight excluding hydrogens is 290 g/mol. The van der Waals surface area contributed by atoms with Gasteiger partial charge in [-0.3, -0.25) is 4.79 Å². The Morgan fingerprint density at radius 2 is 1.83 bits per heavy atom. The summed E-state index contributed by atoms with van der Waals surface area (Å²) in [7, 11) is 1.58. The predicted octanol–water partition coefficient (Wildman–Crippen LogP) is 3.63. The van der Waals surface area contributed by atoms with Crippen LogP contribution in [0.1, 0.15) is 35.7 Å². The van der Waals surface area contributed by atoms with E-state index in [-0.39, 0.29) is 5.91 Å². The molecule has 0 fully saturated rings. The van der Waals surface area contributed by atoms with E-state index >= 15 is 0 Å². The third-order valence-electron chi connectivity index (χ3n) is 3.54. The first-order chi connectivity index (χ1) is 11.1. The Morgan fingerprint density at radius 1 is 1.09 bits per heavy atom. The lowest BCUT2D eigenvalue weighted by molar-refractivity contribution is 0.0946. The molecule has 0 saturated carbocycles. The summed E-state index contributed by atoms with van der Waals surface area (Å²) >= 11 is 0. The molecule has 0 radical (unpaired) electrons. The average Bonchev–Trinajstić information content (AvgIpc) is 2.59. The highest BCUT2D eigenvalue weighted by Crippen LogP contribution is 2.18. The minimum Gasteiger partial charge on any atom is -0.497 e. The van der Waals surface area contributed by atoms with Gasteiger partial charge in [0.1, 0.15) is 18.1 Å². The zero-order valence-electron chi connectivity index (χ0n) is 13.8. The molecule has 122 valence electrons. The second-order valence-corrected chi connectivity index (χ2v) is 5.56. The summed E-state index contributed by atoms with van der Waals surface area (Å²) in [6, 6.07) is 15.1. The third kappa shape index (κ3) is 5.02. The number of amides is 1. The fourth-order valence-corrected chi connectivity index (χ4v) is 2.15. The normalized spacial score (nSPS) is 10.4. The molecule has 0 unspecified atom stereocenters. The minimum atomic E-state index is -0.136. The molecule has 1 amide bonds. The van der Waals surface area contributed by atoms with Gasteiger partial charge in [0.2, 0.25) is 0 Å². The van der Waals surface area contributed by atoms with Gasteiger partial charge in [-0.1, -0.05) is 32.0 Å². The molecule has 0 heterocycles. The van der Waals surface area contributed by atoms with Gasteiger partial charge >= 0.3 is 0 Å². The van der Waals surface area contributed by atoms with Gasteiger partial charge < -0.3 is 14.8 Å². The highest BCUT2D eigenvalue weighted by Gasteiger charge is 2.06. The van der Waals surface area contributed by atoms with E-state index in [0.717, 1.165) is 5.75 Å². The first kappa shape index (κ1) is 16.9. The van der Waals surface area contributed by atoms with Crippen molar-refractivity contribution in [2.45, 2.75) is 19.8 Å². The van der Waals surface area contributed by atoms with Crippen molar-refractivity contribution in [3.8, 4) is 11.5 Å². The van der Waals surface area contributed by atoms with E-state index in [2.05, 4.69) is 31.3 Å². The van der Waals surface area contributed by atoms with E-state index in [0.29, 0.717) is 30.4 Å². The zero-order chi connectivity index (χ0) is 16.7. The topological polar surface area (TPSA) is 47.6 Å². The second-order valence-electron chi connectivity index (χ2n) is 5.56. The molecule has 0 aromatic heterocycles. The van der Waals surface area contributed by atoms with Crippen LogP contribution in [0.4, 0.5) is 0 Å². The summed E-state index contributed by atoms with van der Waals surface area (Å²) < 4.78 is 10.7. The van der Waals surface area contributed by atoms with Crippen molar-refractivity contribution in [1.29, 1.82) is 0 Å². The van der Waals surface area contributed by atoms with Crippen molar-refractivity contribution >= 4 is 5.91 Å². The highest BCUT2D eigenvalue weighted by molar-refractivity contribution is 5.94. The van der Waals surface area contributed by atoms with Crippen molar-refractivity contribution in [2.75, 3.05) is 20.3 Å². The smallest absolute Gasteiger partial charge is 0.251 e. The molecule has 4 heteroatoms. The Morgan fingerprint density at radius 3 is 2.48 bits per heavy atom. The Kier molecular flexibility index (Phi) is 6.03. The largest absolute Gasteiger partial charge is 0.497 e. The number of nitrogens with one attached hydrogen (secondary N) is 1. The molecule has 2 aromatic carbocycles. The lowest BCUT2D eigenvalue weighted by Crippen LogP contribution is -2.28. The fourth-order valence-electron chi connectivity index (χ4n) is 2.15. The number of hydrogen-bond acceptors (Lipinski definition) is 3. The fraction of sp³-hybridized carbons (Fsp3) is 0.316. The van der Waals surface area contributed by atoms with Gasteiger partial charge in [-0.25, -0.2) is 0 Å². The maximum atomic E-state index is 12.0. The SMILES string of the molecule is COc1cccc(C(=O)NCCOc2ccc(C(C)C)cc2)c1. The van der Waals surface area contributed by atoms with Gasteiger partial charge in [-0.15, -0.1) is 0 Å². The minimum absolute atomic E-state index is 0.136. The van der Waals surface area contributed by atoms with E-state index in [1.165, 1.54) is 5.56 Å². The summed E-state index contributed by atoms with van der Waals surface area (Å²) in [6.07, 6.45) is 0. The molecular formula is C19H23NO3. The van der Waals surface area contributed by atoms with Crippen LogP contribution in [0.15, 0.2) is 48.5 Å². The Labute approximate surface area is 137 Å². The van der Waals surface area contributed by atoms with Crippen LogP contribution in [-0.2, 0) is 0 Å². The van der Waals surface area contributed by atoms with Gasteiger partial charge in [0, 0.05) is 5.56 Å². The Hall–Kier alpha value is -2.49. The molecule has 0 aliphatic rings. The number of methoxy groups -OCH3 is 1. The van der Waals surface area contributed by atoms with Crippen molar-refractivity contribution in [2.24, 2.45) is 0 Å². The molecule has 23 heavy (non-hydrogen) atoms. The molecule has 0 aliphatic carbocycles. The maximum absolute atomic E-state index is 12.0. The molecule has 0 spiro atoms. The van der Waals surface area contributed by atoms with E-state index in [1.54, 1.807) is 31.4 Å². The molecule has 0 atom stereocenters. The van der Waals surface area contributed by atoms with Crippen molar-refractivity contribution in [3.05, 3.63) is 59.7 Å². The van der Waals surface area contributed by atoms with Gasteiger partial charge in [0.15, 0.2) is 0 Å². The summed E-state index contributed by atoms with van der Waals surface area (Å²) in [5.41, 5.74) is 1.86. The summed E-state index contributed by atoms with van der Waals surface area (Å²) in [6.45, 7) is 5.19. The summed E-state index contributed by atoms with van der Waals surface area (Å²) in [5.74, 6) is 1.85. The standard InChI is InChI=1S/C19H23NO3/c1-14(2)15-7-9-17(10-8-15)23-12-11-20-19(21)16-5-4-6-18(13-16)22-3/h4-10,13-14H,11-12H2,1-3H3,(H,20,21). The van der Waals surface area contributed by atoms with E-state index in [1.807, 2.05) is 12.1 Å². The molecule has 0 bridgehead atoms.